The summed E-state index contributed by atoms with van der Waals surface area (Å²) in [6, 6.07) is 17.5. The van der Waals surface area contributed by atoms with Crippen LogP contribution >= 0.6 is 0 Å². The largest absolute Gasteiger partial charge is 0.493 e. The van der Waals surface area contributed by atoms with E-state index < -0.39 is 10.1 Å². The van der Waals surface area contributed by atoms with Crippen molar-refractivity contribution >= 4 is 33.6 Å². The van der Waals surface area contributed by atoms with Crippen LogP contribution in [-0.2, 0) is 14.9 Å². The van der Waals surface area contributed by atoms with E-state index in [0.717, 1.165) is 5.56 Å². The number of methoxy groups -OCH3 is 1. The van der Waals surface area contributed by atoms with Crippen LogP contribution in [0.5, 0.6) is 11.5 Å². The summed E-state index contributed by atoms with van der Waals surface area (Å²) in [7, 11) is -2.63. The van der Waals surface area contributed by atoms with E-state index in [0.29, 0.717) is 16.8 Å². The third kappa shape index (κ3) is 6.30. The molecule has 33 heavy (non-hydrogen) atoms. The first-order valence-electron chi connectivity index (χ1n) is 9.97. The number of aryl methyl sites for hydroxylation is 1. The number of anilines is 1. The van der Waals surface area contributed by atoms with E-state index in [1.165, 1.54) is 38.3 Å². The van der Waals surface area contributed by atoms with Crippen molar-refractivity contribution in [3.63, 3.8) is 0 Å². The number of nitrogens with one attached hydrogen (secondary N) is 1. The number of ketones is 1. The zero-order chi connectivity index (χ0) is 24.0. The minimum atomic E-state index is -4.03. The molecule has 3 aromatic carbocycles. The maximum Gasteiger partial charge on any atom is 0.339 e. The number of benzene rings is 3. The van der Waals surface area contributed by atoms with Crippen molar-refractivity contribution < 1.29 is 26.9 Å². The molecule has 1 amide bonds. The van der Waals surface area contributed by atoms with Crippen LogP contribution in [0.3, 0.4) is 0 Å². The van der Waals surface area contributed by atoms with Crippen molar-refractivity contribution in [1.82, 2.24) is 0 Å². The second-order valence-electron chi connectivity index (χ2n) is 7.22. The Morgan fingerprint density at radius 2 is 1.58 bits per heavy atom. The number of carbonyl (C=O) groups is 2. The first-order valence-corrected chi connectivity index (χ1v) is 11.4. The third-order valence-electron chi connectivity index (χ3n) is 4.68. The number of rotatable bonds is 8. The summed E-state index contributed by atoms with van der Waals surface area (Å²) in [5, 5.41) is 2.70. The average Bonchev–Trinajstić information content (AvgIpc) is 2.79. The Bertz CT molecular complexity index is 1290. The van der Waals surface area contributed by atoms with Crippen LogP contribution in [0.25, 0.3) is 6.08 Å². The lowest BCUT2D eigenvalue weighted by Gasteiger charge is -2.11. The summed E-state index contributed by atoms with van der Waals surface area (Å²) in [5.41, 5.74) is 2.65. The number of ether oxygens (including phenoxy) is 1. The Morgan fingerprint density at radius 3 is 2.18 bits per heavy atom. The second-order valence-corrected chi connectivity index (χ2v) is 8.76. The lowest BCUT2D eigenvalue weighted by Crippen LogP contribution is -2.10. The monoisotopic (exact) mass is 465 g/mol. The highest BCUT2D eigenvalue weighted by atomic mass is 32.2. The predicted molar refractivity (Wildman–Crippen MR) is 126 cm³/mol. The molecule has 0 radical (unpaired) electrons. The van der Waals surface area contributed by atoms with Gasteiger partial charge in [0.2, 0.25) is 5.91 Å². The van der Waals surface area contributed by atoms with E-state index in [9.17, 15) is 18.0 Å². The minimum Gasteiger partial charge on any atom is -0.493 e. The lowest BCUT2D eigenvalue weighted by molar-refractivity contribution is -0.111. The Balaban J connectivity index is 1.71. The van der Waals surface area contributed by atoms with Crippen LogP contribution in [0.4, 0.5) is 5.69 Å². The maximum absolute atomic E-state index is 12.5. The molecule has 0 atom stereocenters. The predicted octanol–water partition coefficient (Wildman–Crippen LogP) is 4.63. The van der Waals surface area contributed by atoms with Gasteiger partial charge in [-0.1, -0.05) is 23.8 Å². The van der Waals surface area contributed by atoms with E-state index in [4.69, 9.17) is 8.92 Å². The second kappa shape index (κ2) is 10.1. The molecule has 0 unspecified atom stereocenters. The molecule has 0 heterocycles. The Morgan fingerprint density at radius 1 is 0.909 bits per heavy atom. The minimum absolute atomic E-state index is 0.0326. The van der Waals surface area contributed by atoms with Gasteiger partial charge in [0.1, 0.15) is 4.90 Å². The number of amides is 1. The molecule has 0 saturated carbocycles. The quantitative estimate of drug-likeness (QED) is 0.296. The molecule has 0 aliphatic rings. The van der Waals surface area contributed by atoms with Crippen LogP contribution in [0.1, 0.15) is 28.4 Å². The lowest BCUT2D eigenvalue weighted by atomic mass is 10.1. The molecule has 0 aliphatic carbocycles. The zero-order valence-electron chi connectivity index (χ0n) is 18.4. The molecule has 3 rings (SSSR count). The molecular weight excluding hydrogens is 442 g/mol. The molecule has 0 spiro atoms. The van der Waals surface area contributed by atoms with E-state index in [1.807, 2.05) is 6.92 Å². The fraction of sp³-hybridized carbons (Fsp3) is 0.120. The van der Waals surface area contributed by atoms with Gasteiger partial charge >= 0.3 is 10.1 Å². The fourth-order valence-electron chi connectivity index (χ4n) is 2.87. The van der Waals surface area contributed by atoms with Crippen molar-refractivity contribution in [2.24, 2.45) is 0 Å². The van der Waals surface area contributed by atoms with Gasteiger partial charge < -0.3 is 14.2 Å². The smallest absolute Gasteiger partial charge is 0.339 e. The van der Waals surface area contributed by atoms with Crippen molar-refractivity contribution in [3.8, 4) is 11.5 Å². The van der Waals surface area contributed by atoms with Crippen LogP contribution < -0.4 is 14.2 Å². The van der Waals surface area contributed by atoms with E-state index in [-0.39, 0.29) is 28.1 Å². The van der Waals surface area contributed by atoms with Crippen LogP contribution in [0.2, 0.25) is 0 Å². The van der Waals surface area contributed by atoms with Crippen molar-refractivity contribution in [2.45, 2.75) is 18.7 Å². The van der Waals surface area contributed by atoms with Gasteiger partial charge in [-0.25, -0.2) is 0 Å². The molecule has 8 heteroatoms. The fourth-order valence-corrected chi connectivity index (χ4v) is 3.81. The molecule has 170 valence electrons. The number of hydrogen-bond donors (Lipinski definition) is 1. The number of carbonyl (C=O) groups excluding carboxylic acids is 2. The normalized spacial score (nSPS) is 11.2. The van der Waals surface area contributed by atoms with Crippen molar-refractivity contribution in [1.29, 1.82) is 0 Å². The Kier molecular flexibility index (Phi) is 7.30. The van der Waals surface area contributed by atoms with Gasteiger partial charge in [0.15, 0.2) is 17.3 Å². The molecule has 0 saturated heterocycles. The van der Waals surface area contributed by atoms with Crippen LogP contribution in [-0.4, -0.2) is 27.2 Å². The summed E-state index contributed by atoms with van der Waals surface area (Å²) < 4.78 is 35.6. The molecule has 0 aliphatic heterocycles. The van der Waals surface area contributed by atoms with Gasteiger partial charge in [-0.05, 0) is 74.0 Å². The molecule has 7 nitrogen and oxygen atoms in total. The third-order valence-corrected chi connectivity index (χ3v) is 5.93. The van der Waals surface area contributed by atoms with E-state index in [1.54, 1.807) is 54.6 Å². The summed E-state index contributed by atoms with van der Waals surface area (Å²) in [4.78, 5) is 23.6. The average molecular weight is 466 g/mol. The summed E-state index contributed by atoms with van der Waals surface area (Å²) in [6.45, 7) is 3.33. The van der Waals surface area contributed by atoms with E-state index in [2.05, 4.69) is 5.32 Å². The Labute approximate surface area is 192 Å². The summed E-state index contributed by atoms with van der Waals surface area (Å²) >= 11 is 0. The summed E-state index contributed by atoms with van der Waals surface area (Å²) in [6.07, 6.45) is 2.89. The first kappa shape index (κ1) is 23.7. The zero-order valence-corrected chi connectivity index (χ0v) is 19.2. The van der Waals surface area contributed by atoms with Gasteiger partial charge in [-0.2, -0.15) is 8.42 Å². The molecular formula is C25H23NO6S. The highest BCUT2D eigenvalue weighted by Gasteiger charge is 2.19. The standard InChI is InChI=1S/C25H23NO6S/c1-17-4-12-22(13-5-17)33(29,30)32-23-14-6-19(16-24(23)31-3)7-15-25(28)26-21-10-8-20(9-11-21)18(2)27/h4-16H,1-3H3,(H,26,28)/b15-7+. The maximum atomic E-state index is 12.5. The molecule has 0 bridgehead atoms. The molecule has 3 aromatic rings. The Hall–Kier alpha value is -3.91. The van der Waals surface area contributed by atoms with Crippen LogP contribution in [0, 0.1) is 6.92 Å². The van der Waals surface area contributed by atoms with Crippen molar-refractivity contribution in [2.75, 3.05) is 12.4 Å². The van der Waals surface area contributed by atoms with Gasteiger partial charge in [0, 0.05) is 17.3 Å². The highest BCUT2D eigenvalue weighted by Crippen LogP contribution is 2.31. The van der Waals surface area contributed by atoms with E-state index >= 15 is 0 Å². The number of hydrogen-bond acceptors (Lipinski definition) is 6. The highest BCUT2D eigenvalue weighted by molar-refractivity contribution is 7.87. The molecule has 0 aromatic heterocycles. The summed E-state index contributed by atoms with van der Waals surface area (Å²) in [5.74, 6) is -0.189. The van der Waals surface area contributed by atoms with Gasteiger partial charge in [0.25, 0.3) is 0 Å². The SMILES string of the molecule is COc1cc(/C=C/C(=O)Nc2ccc(C(C)=O)cc2)ccc1OS(=O)(=O)c1ccc(C)cc1. The first-order chi connectivity index (χ1) is 15.7. The number of Topliss-reactive ketones (excluding diaryl/α,β-unsaturated/α-hetero) is 1. The van der Waals surface area contributed by atoms with Gasteiger partial charge in [-0.15, -0.1) is 0 Å². The topological polar surface area (TPSA) is 98.8 Å². The van der Waals surface area contributed by atoms with Crippen LogP contribution in [0.15, 0.2) is 77.7 Å². The van der Waals surface area contributed by atoms with Gasteiger partial charge in [0.05, 0.1) is 7.11 Å². The van der Waals surface area contributed by atoms with Crippen molar-refractivity contribution in [3.05, 3.63) is 89.5 Å². The van der Waals surface area contributed by atoms with Gasteiger partial charge in [-0.3, -0.25) is 9.59 Å². The molecule has 0 fully saturated rings. The molecule has 1 N–H and O–H groups in total.